The van der Waals surface area contributed by atoms with Crippen molar-refractivity contribution in [3.8, 4) is 5.75 Å². The highest BCUT2D eigenvalue weighted by atomic mass is 35.5. The maximum absolute atomic E-state index is 13.2. The van der Waals surface area contributed by atoms with Gasteiger partial charge in [-0.15, -0.1) is 0 Å². The molecule has 5 nitrogen and oxygen atoms in total. The first-order valence-corrected chi connectivity index (χ1v) is 11.9. The summed E-state index contributed by atoms with van der Waals surface area (Å²) >= 11 is 6.25. The lowest BCUT2D eigenvalue weighted by Crippen LogP contribution is -2.48. The minimum absolute atomic E-state index is 0.325. The Kier molecular flexibility index (Phi) is 5.91. The van der Waals surface area contributed by atoms with Crippen LogP contribution in [0.2, 0.25) is 5.02 Å². The smallest absolute Gasteiger partial charge is 0.243 e. The molecule has 3 aromatic rings. The first kappa shape index (κ1) is 21.0. The molecule has 0 aromatic heterocycles. The van der Waals surface area contributed by atoms with Gasteiger partial charge in [0.05, 0.1) is 11.5 Å². The second-order valence-corrected chi connectivity index (χ2v) is 9.77. The minimum Gasteiger partial charge on any atom is -0.494 e. The lowest BCUT2D eigenvalue weighted by molar-refractivity contribution is 0.341. The molecule has 4 rings (SSSR count). The van der Waals surface area contributed by atoms with E-state index < -0.39 is 10.0 Å². The lowest BCUT2D eigenvalue weighted by Gasteiger charge is -2.35. The third kappa shape index (κ3) is 4.13. The number of hydrogen-bond acceptors (Lipinski definition) is 4. The van der Waals surface area contributed by atoms with Crippen molar-refractivity contribution in [1.82, 2.24) is 4.31 Å². The molecule has 158 valence electrons. The molecule has 1 aliphatic heterocycles. The highest BCUT2D eigenvalue weighted by Gasteiger charge is 2.28. The van der Waals surface area contributed by atoms with Crippen LogP contribution in [0.25, 0.3) is 10.8 Å². The average Bonchev–Trinajstić information content (AvgIpc) is 2.75. The summed E-state index contributed by atoms with van der Waals surface area (Å²) in [4.78, 5) is 2.50. The van der Waals surface area contributed by atoms with Crippen molar-refractivity contribution in [1.29, 1.82) is 0 Å². The van der Waals surface area contributed by atoms with Gasteiger partial charge in [0.15, 0.2) is 0 Å². The molecule has 1 aliphatic rings. The number of piperazine rings is 1. The van der Waals surface area contributed by atoms with Crippen LogP contribution in [-0.4, -0.2) is 45.5 Å². The van der Waals surface area contributed by atoms with Gasteiger partial charge in [-0.25, -0.2) is 8.42 Å². The van der Waals surface area contributed by atoms with Gasteiger partial charge in [-0.3, -0.25) is 0 Å². The molecule has 0 atom stereocenters. The lowest BCUT2D eigenvalue weighted by atomic mass is 10.1. The van der Waals surface area contributed by atoms with E-state index in [2.05, 4.69) is 4.90 Å². The third-order valence-corrected chi connectivity index (χ3v) is 7.79. The van der Waals surface area contributed by atoms with E-state index in [-0.39, 0.29) is 0 Å². The van der Waals surface area contributed by atoms with E-state index in [4.69, 9.17) is 16.3 Å². The highest BCUT2D eigenvalue weighted by molar-refractivity contribution is 7.89. The Labute approximate surface area is 182 Å². The Balaban J connectivity index is 1.51. The number of benzene rings is 3. The van der Waals surface area contributed by atoms with E-state index in [1.54, 1.807) is 16.4 Å². The van der Waals surface area contributed by atoms with E-state index in [0.29, 0.717) is 37.7 Å². The van der Waals surface area contributed by atoms with Crippen LogP contribution in [-0.2, 0) is 10.0 Å². The molecule has 30 heavy (non-hydrogen) atoms. The van der Waals surface area contributed by atoms with Crippen LogP contribution >= 0.6 is 11.6 Å². The Bertz CT molecular complexity index is 1170. The van der Waals surface area contributed by atoms with Crippen LogP contribution in [0.5, 0.6) is 5.75 Å². The van der Waals surface area contributed by atoms with E-state index in [1.807, 2.05) is 56.3 Å². The average molecular weight is 445 g/mol. The fourth-order valence-electron chi connectivity index (χ4n) is 3.73. The standard InChI is InChI=1S/C23H25ClN2O3S/c1-3-29-21-8-5-19-15-22(9-6-18(19)14-21)30(27,28)26-12-10-25(11-13-26)20-7-4-17(2)23(24)16-20/h4-9,14-16H,3,10-13H2,1-2H3. The zero-order chi connectivity index (χ0) is 21.3. The van der Waals surface area contributed by atoms with Gasteiger partial charge in [0.25, 0.3) is 0 Å². The molecule has 3 aromatic carbocycles. The summed E-state index contributed by atoms with van der Waals surface area (Å²) in [5.74, 6) is 0.785. The van der Waals surface area contributed by atoms with Crippen molar-refractivity contribution in [2.45, 2.75) is 18.7 Å². The maximum atomic E-state index is 13.2. The Morgan fingerprint density at radius 2 is 1.63 bits per heavy atom. The number of nitrogens with zero attached hydrogens (tertiary/aromatic N) is 2. The Morgan fingerprint density at radius 1 is 0.933 bits per heavy atom. The highest BCUT2D eigenvalue weighted by Crippen LogP contribution is 2.28. The van der Waals surface area contributed by atoms with Gasteiger partial charge in [-0.05, 0) is 66.6 Å². The number of fused-ring (bicyclic) bond motifs is 1. The quantitative estimate of drug-likeness (QED) is 0.571. The molecule has 0 amide bonds. The third-order valence-electron chi connectivity index (χ3n) is 5.49. The normalized spacial score (nSPS) is 15.5. The summed E-state index contributed by atoms with van der Waals surface area (Å²) in [5.41, 5.74) is 2.06. The molecule has 0 radical (unpaired) electrons. The number of halogens is 1. The molecule has 7 heteroatoms. The maximum Gasteiger partial charge on any atom is 0.243 e. The number of aryl methyl sites for hydroxylation is 1. The van der Waals surface area contributed by atoms with Crippen molar-refractivity contribution in [3.63, 3.8) is 0 Å². The van der Waals surface area contributed by atoms with Crippen molar-refractivity contribution in [3.05, 3.63) is 65.2 Å². The second-order valence-electron chi connectivity index (χ2n) is 7.43. The summed E-state index contributed by atoms with van der Waals surface area (Å²) < 4.78 is 33.5. The molecule has 0 unspecified atom stereocenters. The number of sulfonamides is 1. The molecule has 0 saturated carbocycles. The topological polar surface area (TPSA) is 49.9 Å². The molecular formula is C23H25ClN2O3S. The first-order chi connectivity index (χ1) is 14.4. The van der Waals surface area contributed by atoms with Crippen LogP contribution in [0.4, 0.5) is 5.69 Å². The summed E-state index contributed by atoms with van der Waals surface area (Å²) in [6.45, 7) is 6.64. The second kappa shape index (κ2) is 8.46. The van der Waals surface area contributed by atoms with Crippen molar-refractivity contribution >= 4 is 38.1 Å². The number of anilines is 1. The van der Waals surface area contributed by atoms with Crippen molar-refractivity contribution in [2.24, 2.45) is 0 Å². The predicted octanol–water partition coefficient (Wildman–Crippen LogP) is 4.71. The summed E-state index contributed by atoms with van der Waals surface area (Å²) in [7, 11) is -3.54. The molecule has 0 spiro atoms. The fraction of sp³-hybridized carbons (Fsp3) is 0.304. The largest absolute Gasteiger partial charge is 0.494 e. The number of hydrogen-bond donors (Lipinski definition) is 0. The van der Waals surface area contributed by atoms with Crippen LogP contribution in [0.3, 0.4) is 0 Å². The SMILES string of the molecule is CCOc1ccc2cc(S(=O)(=O)N3CCN(c4ccc(C)c(Cl)c4)CC3)ccc2c1. The zero-order valence-corrected chi connectivity index (χ0v) is 18.7. The summed E-state index contributed by atoms with van der Waals surface area (Å²) in [6.07, 6.45) is 0. The van der Waals surface area contributed by atoms with Gasteiger partial charge in [0.2, 0.25) is 10.0 Å². The Morgan fingerprint density at radius 3 is 2.33 bits per heavy atom. The van der Waals surface area contributed by atoms with Crippen LogP contribution < -0.4 is 9.64 Å². The van der Waals surface area contributed by atoms with Gasteiger partial charge in [0, 0.05) is 36.9 Å². The Hall–Kier alpha value is -2.28. The molecular weight excluding hydrogens is 420 g/mol. The van der Waals surface area contributed by atoms with E-state index in [9.17, 15) is 8.42 Å². The minimum atomic E-state index is -3.54. The predicted molar refractivity (Wildman–Crippen MR) is 122 cm³/mol. The van der Waals surface area contributed by atoms with Gasteiger partial charge in [-0.1, -0.05) is 29.8 Å². The van der Waals surface area contributed by atoms with Crippen LogP contribution in [0.15, 0.2) is 59.5 Å². The molecule has 1 fully saturated rings. The van der Waals surface area contributed by atoms with E-state index >= 15 is 0 Å². The van der Waals surface area contributed by atoms with Gasteiger partial charge < -0.3 is 9.64 Å². The molecule has 0 bridgehead atoms. The van der Waals surface area contributed by atoms with Crippen molar-refractivity contribution in [2.75, 3.05) is 37.7 Å². The van der Waals surface area contributed by atoms with Gasteiger partial charge in [-0.2, -0.15) is 4.31 Å². The number of rotatable bonds is 5. The van der Waals surface area contributed by atoms with E-state index in [1.165, 1.54) is 0 Å². The fourth-order valence-corrected chi connectivity index (χ4v) is 5.37. The molecule has 1 heterocycles. The first-order valence-electron chi connectivity index (χ1n) is 10.1. The molecule has 1 saturated heterocycles. The number of ether oxygens (including phenoxy) is 1. The van der Waals surface area contributed by atoms with Crippen LogP contribution in [0, 0.1) is 6.92 Å². The summed E-state index contributed by atoms with van der Waals surface area (Å²) in [6, 6.07) is 16.9. The zero-order valence-electron chi connectivity index (χ0n) is 17.1. The van der Waals surface area contributed by atoms with Gasteiger partial charge in [0.1, 0.15) is 5.75 Å². The molecule has 0 aliphatic carbocycles. The van der Waals surface area contributed by atoms with Crippen LogP contribution in [0.1, 0.15) is 12.5 Å². The molecule has 0 N–H and O–H groups in total. The van der Waals surface area contributed by atoms with Gasteiger partial charge >= 0.3 is 0 Å². The summed E-state index contributed by atoms with van der Waals surface area (Å²) in [5, 5.41) is 2.57. The van der Waals surface area contributed by atoms with E-state index in [0.717, 1.165) is 32.8 Å². The monoisotopic (exact) mass is 444 g/mol. The van der Waals surface area contributed by atoms with Crippen molar-refractivity contribution < 1.29 is 13.2 Å².